The van der Waals surface area contributed by atoms with Crippen molar-refractivity contribution in [2.24, 2.45) is 0 Å². The third-order valence-electron chi connectivity index (χ3n) is 3.18. The van der Waals surface area contributed by atoms with Gasteiger partial charge in [-0.05, 0) is 59.5 Å². The van der Waals surface area contributed by atoms with Crippen molar-refractivity contribution in [1.29, 1.82) is 0 Å². The third-order valence-corrected chi connectivity index (χ3v) is 3.81. The molecule has 1 amide bonds. The fourth-order valence-electron chi connectivity index (χ4n) is 2.15. The summed E-state index contributed by atoms with van der Waals surface area (Å²) >= 11 is 3.51. The van der Waals surface area contributed by atoms with E-state index in [4.69, 9.17) is 0 Å². The van der Waals surface area contributed by atoms with Crippen LogP contribution in [-0.4, -0.2) is 5.91 Å². The fourth-order valence-corrected chi connectivity index (χ4v) is 2.92. The molecule has 0 aromatic heterocycles. The van der Waals surface area contributed by atoms with Crippen molar-refractivity contribution in [3.8, 4) is 0 Å². The summed E-state index contributed by atoms with van der Waals surface area (Å²) in [5.74, 6) is 0.00139. The molecule has 2 nitrogen and oxygen atoms in total. The lowest BCUT2D eigenvalue weighted by Crippen LogP contribution is -2.15. The number of hydrogen-bond acceptors (Lipinski definition) is 1. The second-order valence-electron chi connectivity index (χ2n) is 5.15. The lowest BCUT2D eigenvalue weighted by molar-refractivity contribution is -0.115. The molecule has 0 saturated heterocycles. The lowest BCUT2D eigenvalue weighted by atomic mass is 10.1. The summed E-state index contributed by atoms with van der Waals surface area (Å²) in [4.78, 5) is 12.1. The van der Waals surface area contributed by atoms with Crippen molar-refractivity contribution < 1.29 is 4.79 Å². The van der Waals surface area contributed by atoms with E-state index in [1.807, 2.05) is 51.1 Å². The van der Waals surface area contributed by atoms with E-state index >= 15 is 0 Å². The highest BCUT2D eigenvalue weighted by molar-refractivity contribution is 9.10. The van der Waals surface area contributed by atoms with Gasteiger partial charge in [-0.1, -0.05) is 35.9 Å². The molecule has 2 aromatic rings. The standard InChI is InChI=1S/C17H18BrNO/c1-11-4-6-14(7-5-11)10-16(20)19-17-13(3)8-12(2)9-15(17)18/h4-9H,10H2,1-3H3,(H,19,20). The number of aryl methyl sites for hydroxylation is 3. The van der Waals surface area contributed by atoms with Crippen molar-refractivity contribution in [3.63, 3.8) is 0 Å². The Morgan fingerprint density at radius 1 is 1.05 bits per heavy atom. The first-order valence-electron chi connectivity index (χ1n) is 6.58. The van der Waals surface area contributed by atoms with Crippen LogP contribution in [0.1, 0.15) is 22.3 Å². The molecule has 0 heterocycles. The van der Waals surface area contributed by atoms with Gasteiger partial charge in [0.2, 0.25) is 5.91 Å². The summed E-state index contributed by atoms with van der Waals surface area (Å²) in [5, 5.41) is 2.98. The van der Waals surface area contributed by atoms with E-state index in [0.717, 1.165) is 21.3 Å². The number of benzene rings is 2. The molecule has 0 atom stereocenters. The minimum absolute atomic E-state index is 0.00139. The molecule has 1 N–H and O–H groups in total. The van der Waals surface area contributed by atoms with Crippen LogP contribution in [0.25, 0.3) is 0 Å². The van der Waals surface area contributed by atoms with Crippen molar-refractivity contribution in [2.45, 2.75) is 27.2 Å². The van der Waals surface area contributed by atoms with Crippen LogP contribution in [0, 0.1) is 20.8 Å². The highest BCUT2D eigenvalue weighted by atomic mass is 79.9. The first-order chi connectivity index (χ1) is 9.45. The summed E-state index contributed by atoms with van der Waals surface area (Å²) in [6.45, 7) is 6.07. The number of carbonyl (C=O) groups is 1. The van der Waals surface area contributed by atoms with Gasteiger partial charge in [0.05, 0.1) is 12.1 Å². The fraction of sp³-hybridized carbons (Fsp3) is 0.235. The number of anilines is 1. The predicted octanol–water partition coefficient (Wildman–Crippen LogP) is 4.56. The largest absolute Gasteiger partial charge is 0.325 e. The average Bonchev–Trinajstić information content (AvgIpc) is 2.36. The highest BCUT2D eigenvalue weighted by Gasteiger charge is 2.09. The number of halogens is 1. The molecule has 0 aliphatic rings. The van der Waals surface area contributed by atoms with E-state index < -0.39 is 0 Å². The topological polar surface area (TPSA) is 29.1 Å². The summed E-state index contributed by atoms with van der Waals surface area (Å²) in [7, 11) is 0. The van der Waals surface area contributed by atoms with Gasteiger partial charge in [-0.25, -0.2) is 0 Å². The molecule has 3 heteroatoms. The summed E-state index contributed by atoms with van der Waals surface area (Å²) in [6, 6.07) is 12.1. The molecule has 0 aliphatic heterocycles. The minimum atomic E-state index is 0.00139. The molecule has 0 fully saturated rings. The van der Waals surface area contributed by atoms with E-state index in [2.05, 4.69) is 27.3 Å². The second kappa shape index (κ2) is 6.23. The third kappa shape index (κ3) is 3.70. The lowest BCUT2D eigenvalue weighted by Gasteiger charge is -2.12. The SMILES string of the molecule is Cc1ccc(CC(=O)Nc2c(C)cc(C)cc2Br)cc1. The Morgan fingerprint density at radius 3 is 2.30 bits per heavy atom. The van der Waals surface area contributed by atoms with Crippen molar-refractivity contribution in [2.75, 3.05) is 5.32 Å². The maximum Gasteiger partial charge on any atom is 0.228 e. The van der Waals surface area contributed by atoms with E-state index in [1.54, 1.807) is 0 Å². The van der Waals surface area contributed by atoms with Crippen LogP contribution >= 0.6 is 15.9 Å². The van der Waals surface area contributed by atoms with E-state index in [0.29, 0.717) is 6.42 Å². The number of carbonyl (C=O) groups excluding carboxylic acids is 1. The molecule has 0 saturated carbocycles. The van der Waals surface area contributed by atoms with Crippen LogP contribution in [0.5, 0.6) is 0 Å². The maximum absolute atomic E-state index is 12.1. The minimum Gasteiger partial charge on any atom is -0.325 e. The Kier molecular flexibility index (Phi) is 4.61. The van der Waals surface area contributed by atoms with Crippen molar-refractivity contribution in [1.82, 2.24) is 0 Å². The highest BCUT2D eigenvalue weighted by Crippen LogP contribution is 2.27. The normalized spacial score (nSPS) is 10.4. The Morgan fingerprint density at radius 2 is 1.70 bits per heavy atom. The molecular formula is C17H18BrNO. The number of rotatable bonds is 3. The zero-order chi connectivity index (χ0) is 14.7. The average molecular weight is 332 g/mol. The van der Waals surface area contributed by atoms with Crippen LogP contribution in [-0.2, 0) is 11.2 Å². The van der Waals surface area contributed by atoms with Gasteiger partial charge in [0.1, 0.15) is 0 Å². The molecule has 2 rings (SSSR count). The maximum atomic E-state index is 12.1. The Balaban J connectivity index is 2.10. The Hall–Kier alpha value is -1.61. The van der Waals surface area contributed by atoms with Crippen LogP contribution < -0.4 is 5.32 Å². The summed E-state index contributed by atoms with van der Waals surface area (Å²) in [5.41, 5.74) is 5.31. The van der Waals surface area contributed by atoms with Gasteiger partial charge >= 0.3 is 0 Å². The zero-order valence-corrected chi connectivity index (χ0v) is 13.5. The number of amides is 1. The van der Waals surface area contributed by atoms with Crippen molar-refractivity contribution in [3.05, 3.63) is 63.1 Å². The number of hydrogen-bond donors (Lipinski definition) is 1. The Bertz CT molecular complexity index is 609. The van der Waals surface area contributed by atoms with Crippen LogP contribution in [0.15, 0.2) is 40.9 Å². The van der Waals surface area contributed by atoms with E-state index in [1.165, 1.54) is 11.1 Å². The number of nitrogens with one attached hydrogen (secondary N) is 1. The van der Waals surface area contributed by atoms with Gasteiger partial charge in [-0.15, -0.1) is 0 Å². The van der Waals surface area contributed by atoms with Crippen LogP contribution in [0.2, 0.25) is 0 Å². The summed E-state index contributed by atoms with van der Waals surface area (Å²) in [6.07, 6.45) is 0.389. The predicted molar refractivity (Wildman–Crippen MR) is 87.1 cm³/mol. The van der Waals surface area contributed by atoms with Gasteiger partial charge in [-0.3, -0.25) is 4.79 Å². The molecule has 0 bridgehead atoms. The first kappa shape index (κ1) is 14.8. The molecule has 104 valence electrons. The molecular weight excluding hydrogens is 314 g/mol. The molecule has 0 radical (unpaired) electrons. The van der Waals surface area contributed by atoms with Gasteiger partial charge in [-0.2, -0.15) is 0 Å². The van der Waals surface area contributed by atoms with Gasteiger partial charge in [0.15, 0.2) is 0 Å². The van der Waals surface area contributed by atoms with Crippen LogP contribution in [0.4, 0.5) is 5.69 Å². The molecule has 0 aliphatic carbocycles. The van der Waals surface area contributed by atoms with Gasteiger partial charge in [0, 0.05) is 4.47 Å². The molecule has 0 spiro atoms. The van der Waals surface area contributed by atoms with E-state index in [-0.39, 0.29) is 5.91 Å². The quantitative estimate of drug-likeness (QED) is 0.877. The second-order valence-corrected chi connectivity index (χ2v) is 6.00. The summed E-state index contributed by atoms with van der Waals surface area (Å²) < 4.78 is 0.923. The van der Waals surface area contributed by atoms with Crippen LogP contribution in [0.3, 0.4) is 0 Å². The van der Waals surface area contributed by atoms with Gasteiger partial charge < -0.3 is 5.32 Å². The molecule has 0 unspecified atom stereocenters. The smallest absolute Gasteiger partial charge is 0.228 e. The van der Waals surface area contributed by atoms with Gasteiger partial charge in [0.25, 0.3) is 0 Å². The first-order valence-corrected chi connectivity index (χ1v) is 7.37. The zero-order valence-electron chi connectivity index (χ0n) is 12.0. The molecule has 2 aromatic carbocycles. The monoisotopic (exact) mass is 331 g/mol. The Labute approximate surface area is 128 Å². The van der Waals surface area contributed by atoms with Crippen molar-refractivity contribution >= 4 is 27.5 Å². The van der Waals surface area contributed by atoms with E-state index in [9.17, 15) is 4.79 Å². The molecule has 20 heavy (non-hydrogen) atoms.